The summed E-state index contributed by atoms with van der Waals surface area (Å²) in [5.41, 5.74) is -1.64. The Kier molecular flexibility index (Phi) is 3.55. The normalized spacial score (nSPS) is 22.0. The largest absolute Gasteiger partial charge is 0.268 e. The number of rotatable bonds is 3. The Balaban J connectivity index is 3.62. The van der Waals surface area contributed by atoms with Crippen molar-refractivity contribution < 1.29 is 18.3 Å². The molecule has 0 aromatic heterocycles. The molecular weight excluding hydrogens is 276 g/mol. The minimum atomic E-state index is -4.17. The second kappa shape index (κ2) is 4.41. The summed E-state index contributed by atoms with van der Waals surface area (Å²) in [6, 6.07) is -1.55. The lowest BCUT2D eigenvalue weighted by Gasteiger charge is -2.16. The lowest BCUT2D eigenvalue weighted by atomic mass is 10.0. The van der Waals surface area contributed by atoms with E-state index in [1.165, 1.54) is 13.8 Å². The van der Waals surface area contributed by atoms with Gasteiger partial charge in [-0.05, 0) is 13.8 Å². The number of hydrogen-bond acceptors (Lipinski definition) is 6. The standard InChI is InChI=1S/C10H14N2O6S/c1-6(2)9-7(11(13)14)5-8(19(9,17)18)10(3,4)12(15)16/h5,7H,1-4H3. The third kappa shape index (κ3) is 2.25. The van der Waals surface area contributed by atoms with Crippen LogP contribution in [0.25, 0.3) is 0 Å². The molecule has 9 heteroatoms. The lowest BCUT2D eigenvalue weighted by molar-refractivity contribution is -0.547. The first-order valence-corrected chi connectivity index (χ1v) is 6.85. The fourth-order valence-corrected chi connectivity index (χ4v) is 4.22. The van der Waals surface area contributed by atoms with Gasteiger partial charge in [-0.3, -0.25) is 20.2 Å². The first kappa shape index (κ1) is 15.3. The highest BCUT2D eigenvalue weighted by Crippen LogP contribution is 2.39. The topological polar surface area (TPSA) is 120 Å². The highest BCUT2D eigenvalue weighted by Gasteiger charge is 2.54. The van der Waals surface area contributed by atoms with Crippen molar-refractivity contribution in [1.29, 1.82) is 0 Å². The summed E-state index contributed by atoms with van der Waals surface area (Å²) in [6.45, 7) is 5.08. The molecular formula is C10H14N2O6S. The van der Waals surface area contributed by atoms with Crippen molar-refractivity contribution in [2.24, 2.45) is 0 Å². The van der Waals surface area contributed by atoms with Gasteiger partial charge < -0.3 is 0 Å². The van der Waals surface area contributed by atoms with Gasteiger partial charge in [0.25, 0.3) is 11.6 Å². The molecule has 1 aliphatic heterocycles. The number of allylic oxidation sites excluding steroid dienone is 1. The van der Waals surface area contributed by atoms with E-state index < -0.39 is 36.2 Å². The average molecular weight is 290 g/mol. The van der Waals surface area contributed by atoms with Crippen LogP contribution in [0.1, 0.15) is 27.7 Å². The molecule has 0 spiro atoms. The van der Waals surface area contributed by atoms with Gasteiger partial charge in [-0.25, -0.2) is 8.42 Å². The third-order valence-electron chi connectivity index (χ3n) is 2.94. The average Bonchev–Trinajstić information content (AvgIpc) is 2.49. The summed E-state index contributed by atoms with van der Waals surface area (Å²) in [7, 11) is -4.17. The van der Waals surface area contributed by atoms with Gasteiger partial charge in [-0.1, -0.05) is 5.57 Å². The molecule has 1 heterocycles. The summed E-state index contributed by atoms with van der Waals surface area (Å²) in [5.74, 6) is 0. The molecule has 0 aromatic carbocycles. The zero-order chi connectivity index (χ0) is 15.2. The molecule has 19 heavy (non-hydrogen) atoms. The van der Waals surface area contributed by atoms with Gasteiger partial charge >= 0.3 is 0 Å². The van der Waals surface area contributed by atoms with Crippen molar-refractivity contribution in [3.8, 4) is 0 Å². The predicted molar refractivity (Wildman–Crippen MR) is 67.2 cm³/mol. The van der Waals surface area contributed by atoms with Crippen molar-refractivity contribution in [3.63, 3.8) is 0 Å². The molecule has 0 saturated heterocycles. The van der Waals surface area contributed by atoms with Crippen LogP contribution in [-0.4, -0.2) is 29.8 Å². The number of nitro groups is 2. The van der Waals surface area contributed by atoms with Gasteiger partial charge in [0.1, 0.15) is 9.81 Å². The van der Waals surface area contributed by atoms with Crippen LogP contribution in [0.5, 0.6) is 0 Å². The number of hydrogen-bond donors (Lipinski definition) is 0. The van der Waals surface area contributed by atoms with Crippen molar-refractivity contribution in [1.82, 2.24) is 0 Å². The summed E-state index contributed by atoms with van der Waals surface area (Å²) >= 11 is 0. The number of sulfone groups is 1. The Hall–Kier alpha value is -1.77. The molecule has 1 unspecified atom stereocenters. The molecule has 0 radical (unpaired) electrons. The van der Waals surface area contributed by atoms with E-state index in [0.29, 0.717) is 0 Å². The molecule has 0 bridgehead atoms. The van der Waals surface area contributed by atoms with E-state index in [4.69, 9.17) is 0 Å². The van der Waals surface area contributed by atoms with Crippen LogP contribution in [0, 0.1) is 20.2 Å². The van der Waals surface area contributed by atoms with Crippen LogP contribution in [0.4, 0.5) is 0 Å². The van der Waals surface area contributed by atoms with Crippen LogP contribution in [0.3, 0.4) is 0 Å². The third-order valence-corrected chi connectivity index (χ3v) is 5.38. The minimum absolute atomic E-state index is 0.257. The van der Waals surface area contributed by atoms with Crippen LogP contribution in [0.15, 0.2) is 21.5 Å². The zero-order valence-corrected chi connectivity index (χ0v) is 11.7. The second-order valence-electron chi connectivity index (χ2n) is 4.94. The fourth-order valence-electron chi connectivity index (χ4n) is 1.93. The van der Waals surface area contributed by atoms with E-state index in [1.54, 1.807) is 0 Å². The fraction of sp³-hybridized carbons (Fsp3) is 0.600. The highest BCUT2D eigenvalue weighted by atomic mass is 32.2. The Morgan fingerprint density at radius 1 is 1.26 bits per heavy atom. The summed E-state index contributed by atoms with van der Waals surface area (Å²) in [5, 5.41) is 21.9. The molecule has 106 valence electrons. The molecule has 0 aliphatic carbocycles. The monoisotopic (exact) mass is 290 g/mol. The highest BCUT2D eigenvalue weighted by molar-refractivity contribution is 7.99. The van der Waals surface area contributed by atoms with E-state index in [0.717, 1.165) is 19.9 Å². The van der Waals surface area contributed by atoms with E-state index >= 15 is 0 Å². The first-order valence-electron chi connectivity index (χ1n) is 5.36. The Morgan fingerprint density at radius 2 is 1.74 bits per heavy atom. The minimum Gasteiger partial charge on any atom is -0.264 e. The zero-order valence-electron chi connectivity index (χ0n) is 10.9. The van der Waals surface area contributed by atoms with Gasteiger partial charge in [0, 0.05) is 29.8 Å². The van der Waals surface area contributed by atoms with Crippen molar-refractivity contribution in [2.45, 2.75) is 39.3 Å². The quantitative estimate of drug-likeness (QED) is 0.570. The molecule has 1 aliphatic rings. The van der Waals surface area contributed by atoms with Gasteiger partial charge in [0.05, 0.1) is 0 Å². The second-order valence-corrected chi connectivity index (χ2v) is 6.83. The molecule has 0 amide bonds. The molecule has 1 atom stereocenters. The first-order chi connectivity index (χ1) is 8.44. The van der Waals surface area contributed by atoms with E-state index in [2.05, 4.69) is 0 Å². The van der Waals surface area contributed by atoms with Crippen LogP contribution in [0.2, 0.25) is 0 Å². The van der Waals surface area contributed by atoms with Gasteiger partial charge in [0.15, 0.2) is 0 Å². The van der Waals surface area contributed by atoms with E-state index in [-0.39, 0.29) is 10.5 Å². The van der Waals surface area contributed by atoms with Crippen LogP contribution in [-0.2, 0) is 9.84 Å². The molecule has 1 rings (SSSR count). The number of nitrogens with zero attached hydrogens (tertiary/aromatic N) is 2. The lowest BCUT2D eigenvalue weighted by Crippen LogP contribution is -2.35. The molecule has 8 nitrogen and oxygen atoms in total. The Bertz CT molecular complexity index is 610. The molecule has 0 fully saturated rings. The predicted octanol–water partition coefficient (Wildman–Crippen LogP) is 1.29. The maximum absolute atomic E-state index is 12.3. The maximum Gasteiger partial charge on any atom is 0.268 e. The maximum atomic E-state index is 12.3. The van der Waals surface area contributed by atoms with Gasteiger partial charge in [-0.2, -0.15) is 0 Å². The van der Waals surface area contributed by atoms with E-state index in [9.17, 15) is 28.6 Å². The van der Waals surface area contributed by atoms with Crippen LogP contribution >= 0.6 is 0 Å². The van der Waals surface area contributed by atoms with Gasteiger partial charge in [0.2, 0.25) is 9.84 Å². The Morgan fingerprint density at radius 3 is 2.00 bits per heavy atom. The molecule has 0 N–H and O–H groups in total. The van der Waals surface area contributed by atoms with Crippen molar-refractivity contribution >= 4 is 9.84 Å². The Labute approximate surface area is 110 Å². The SMILES string of the molecule is CC(C)=C1C([N+](=O)[O-])C=C(C(C)(C)[N+](=O)[O-])S1(=O)=O. The van der Waals surface area contributed by atoms with Crippen molar-refractivity contribution in [3.05, 3.63) is 41.7 Å². The van der Waals surface area contributed by atoms with Crippen molar-refractivity contribution in [2.75, 3.05) is 0 Å². The molecule has 0 aromatic rings. The summed E-state index contributed by atoms with van der Waals surface area (Å²) < 4.78 is 24.5. The molecule has 0 saturated carbocycles. The van der Waals surface area contributed by atoms with E-state index in [1.807, 2.05) is 0 Å². The summed E-state index contributed by atoms with van der Waals surface area (Å²) in [6.07, 6.45) is 0.862. The summed E-state index contributed by atoms with van der Waals surface area (Å²) in [4.78, 5) is 19.5. The smallest absolute Gasteiger partial charge is 0.264 e. The van der Waals surface area contributed by atoms with Gasteiger partial charge in [-0.15, -0.1) is 0 Å². The van der Waals surface area contributed by atoms with Crippen LogP contribution < -0.4 is 0 Å².